The van der Waals surface area contributed by atoms with Crippen molar-refractivity contribution in [3.05, 3.63) is 83.1 Å². The van der Waals surface area contributed by atoms with Crippen molar-refractivity contribution in [3.8, 4) is 6.07 Å². The van der Waals surface area contributed by atoms with Gasteiger partial charge in [0.2, 0.25) is 0 Å². The third-order valence-electron chi connectivity index (χ3n) is 3.45. The van der Waals surface area contributed by atoms with Gasteiger partial charge in [-0.05, 0) is 30.3 Å². The first kappa shape index (κ1) is 16.5. The number of amides is 1. The second-order valence-electron chi connectivity index (χ2n) is 5.18. The number of hydrogen-bond acceptors (Lipinski definition) is 4. The second-order valence-corrected chi connectivity index (χ2v) is 5.59. The van der Waals surface area contributed by atoms with Gasteiger partial charge in [-0.15, -0.1) is 0 Å². The average Bonchev–Trinajstić information content (AvgIpc) is 2.64. The Morgan fingerprint density at radius 3 is 2.52 bits per heavy atom. The van der Waals surface area contributed by atoms with E-state index in [0.29, 0.717) is 33.2 Å². The van der Waals surface area contributed by atoms with Crippen LogP contribution >= 0.6 is 11.6 Å². The fourth-order valence-electron chi connectivity index (χ4n) is 2.23. The highest BCUT2D eigenvalue weighted by Gasteiger charge is 2.10. The molecule has 1 heterocycles. The minimum absolute atomic E-state index is 0.321. The van der Waals surface area contributed by atoms with Crippen LogP contribution in [-0.4, -0.2) is 10.9 Å². The maximum absolute atomic E-state index is 12.4. The lowest BCUT2D eigenvalue weighted by molar-refractivity contribution is 0.102. The van der Waals surface area contributed by atoms with Gasteiger partial charge in [0, 0.05) is 6.20 Å². The van der Waals surface area contributed by atoms with Crippen LogP contribution < -0.4 is 10.6 Å². The molecule has 0 fully saturated rings. The number of carbonyl (C=O) groups is 1. The molecule has 3 aromatic rings. The summed E-state index contributed by atoms with van der Waals surface area (Å²) in [5, 5.41) is 15.5. The fraction of sp³-hybridized carbons (Fsp3) is 0. The lowest BCUT2D eigenvalue weighted by atomic mass is 10.2. The largest absolute Gasteiger partial charge is 0.353 e. The summed E-state index contributed by atoms with van der Waals surface area (Å²) in [5.41, 5.74) is 2.67. The van der Waals surface area contributed by atoms with Crippen molar-refractivity contribution in [2.24, 2.45) is 0 Å². The van der Waals surface area contributed by atoms with Crippen LogP contribution in [0.3, 0.4) is 0 Å². The van der Waals surface area contributed by atoms with Gasteiger partial charge in [-0.25, -0.2) is 0 Å². The zero-order valence-electron chi connectivity index (χ0n) is 13.0. The number of nitrogens with zero attached hydrogens (tertiary/aromatic N) is 2. The van der Waals surface area contributed by atoms with Gasteiger partial charge < -0.3 is 10.6 Å². The number of nitrogens with one attached hydrogen (secondary N) is 2. The van der Waals surface area contributed by atoms with E-state index < -0.39 is 0 Å². The number of anilines is 3. The SMILES string of the molecule is N#Cc1ccccc1Nc1cncc(C(=O)Nc2ccccc2Cl)c1. The molecule has 0 aliphatic heterocycles. The van der Waals surface area contributed by atoms with Gasteiger partial charge in [-0.3, -0.25) is 9.78 Å². The molecule has 1 aromatic heterocycles. The van der Waals surface area contributed by atoms with Crippen LogP contribution in [0.25, 0.3) is 0 Å². The van der Waals surface area contributed by atoms with Crippen LogP contribution in [0, 0.1) is 11.3 Å². The quantitative estimate of drug-likeness (QED) is 0.722. The van der Waals surface area contributed by atoms with Crippen molar-refractivity contribution in [1.82, 2.24) is 4.98 Å². The van der Waals surface area contributed by atoms with Gasteiger partial charge >= 0.3 is 0 Å². The molecule has 2 N–H and O–H groups in total. The molecule has 0 radical (unpaired) electrons. The van der Waals surface area contributed by atoms with E-state index in [1.54, 1.807) is 54.7 Å². The number of benzene rings is 2. The van der Waals surface area contributed by atoms with E-state index in [2.05, 4.69) is 21.7 Å². The monoisotopic (exact) mass is 348 g/mol. The fourth-order valence-corrected chi connectivity index (χ4v) is 2.42. The summed E-state index contributed by atoms with van der Waals surface area (Å²) >= 11 is 6.05. The van der Waals surface area contributed by atoms with Crippen LogP contribution in [0.4, 0.5) is 17.1 Å². The Morgan fingerprint density at radius 2 is 1.76 bits per heavy atom. The molecule has 2 aromatic carbocycles. The number of para-hydroxylation sites is 2. The highest BCUT2D eigenvalue weighted by Crippen LogP contribution is 2.23. The molecule has 0 saturated heterocycles. The number of nitriles is 1. The molecule has 25 heavy (non-hydrogen) atoms. The van der Waals surface area contributed by atoms with Crippen LogP contribution in [-0.2, 0) is 0 Å². The van der Waals surface area contributed by atoms with Crippen LogP contribution in [0.5, 0.6) is 0 Å². The van der Waals surface area contributed by atoms with Crippen molar-refractivity contribution in [2.75, 3.05) is 10.6 Å². The van der Waals surface area contributed by atoms with E-state index in [9.17, 15) is 4.79 Å². The Kier molecular flexibility index (Phi) is 4.93. The van der Waals surface area contributed by atoms with Gasteiger partial charge in [0.05, 0.1) is 39.4 Å². The molecule has 0 bridgehead atoms. The second kappa shape index (κ2) is 7.47. The molecule has 0 aliphatic carbocycles. The van der Waals surface area contributed by atoms with Crippen molar-refractivity contribution < 1.29 is 4.79 Å². The van der Waals surface area contributed by atoms with Crippen molar-refractivity contribution in [1.29, 1.82) is 5.26 Å². The molecule has 0 unspecified atom stereocenters. The van der Waals surface area contributed by atoms with Gasteiger partial charge in [0.1, 0.15) is 6.07 Å². The molecule has 0 atom stereocenters. The molecule has 122 valence electrons. The average molecular weight is 349 g/mol. The molecular formula is C19H13ClN4O. The van der Waals surface area contributed by atoms with E-state index in [0.717, 1.165) is 0 Å². The summed E-state index contributed by atoms with van der Waals surface area (Å²) < 4.78 is 0. The van der Waals surface area contributed by atoms with Crippen molar-refractivity contribution in [2.45, 2.75) is 0 Å². The standard InChI is InChI=1S/C19H13ClN4O/c20-16-6-2-4-8-18(16)24-19(25)14-9-15(12-22-11-14)23-17-7-3-1-5-13(17)10-21/h1-9,11-12,23H,(H,24,25). The van der Waals surface area contributed by atoms with Gasteiger partial charge in [-0.1, -0.05) is 35.9 Å². The zero-order chi connectivity index (χ0) is 17.6. The Hall–Kier alpha value is -3.36. The molecule has 6 heteroatoms. The Morgan fingerprint density at radius 1 is 1.04 bits per heavy atom. The topological polar surface area (TPSA) is 77.8 Å². The summed E-state index contributed by atoms with van der Waals surface area (Å²) in [7, 11) is 0. The number of rotatable bonds is 4. The molecule has 0 spiro atoms. The normalized spacial score (nSPS) is 9.92. The molecule has 3 rings (SSSR count). The third kappa shape index (κ3) is 3.94. The van der Waals surface area contributed by atoms with Crippen LogP contribution in [0.2, 0.25) is 5.02 Å². The predicted octanol–water partition coefficient (Wildman–Crippen LogP) is 4.60. The minimum Gasteiger partial charge on any atom is -0.353 e. The molecule has 0 saturated carbocycles. The predicted molar refractivity (Wildman–Crippen MR) is 98.1 cm³/mol. The van der Waals surface area contributed by atoms with E-state index >= 15 is 0 Å². The van der Waals surface area contributed by atoms with Crippen LogP contribution in [0.1, 0.15) is 15.9 Å². The summed E-state index contributed by atoms with van der Waals surface area (Å²) in [6.45, 7) is 0. The number of aromatic nitrogens is 1. The smallest absolute Gasteiger partial charge is 0.257 e. The van der Waals surface area contributed by atoms with E-state index in [4.69, 9.17) is 16.9 Å². The number of halogens is 1. The molecule has 5 nitrogen and oxygen atoms in total. The van der Waals surface area contributed by atoms with Crippen LogP contribution in [0.15, 0.2) is 67.0 Å². The summed E-state index contributed by atoms with van der Waals surface area (Å²) in [6.07, 6.45) is 3.05. The highest BCUT2D eigenvalue weighted by atomic mass is 35.5. The first-order valence-corrected chi connectivity index (χ1v) is 7.82. The van der Waals surface area contributed by atoms with Crippen molar-refractivity contribution >= 4 is 34.6 Å². The number of carbonyl (C=O) groups excluding carboxylic acids is 1. The van der Waals surface area contributed by atoms with Gasteiger partial charge in [0.15, 0.2) is 0 Å². The lowest BCUT2D eigenvalue weighted by Gasteiger charge is -2.10. The minimum atomic E-state index is -0.321. The Labute approximate surface area is 149 Å². The summed E-state index contributed by atoms with van der Waals surface area (Å²) in [5.74, 6) is -0.321. The first-order valence-electron chi connectivity index (χ1n) is 7.44. The third-order valence-corrected chi connectivity index (χ3v) is 3.78. The molecule has 0 aliphatic rings. The summed E-state index contributed by atoms with van der Waals surface area (Å²) in [6, 6.07) is 17.9. The Bertz CT molecular complexity index is 965. The van der Waals surface area contributed by atoms with E-state index in [-0.39, 0.29) is 5.91 Å². The highest BCUT2D eigenvalue weighted by molar-refractivity contribution is 6.33. The van der Waals surface area contributed by atoms with Gasteiger partial charge in [0.25, 0.3) is 5.91 Å². The van der Waals surface area contributed by atoms with E-state index in [1.165, 1.54) is 6.20 Å². The first-order chi connectivity index (χ1) is 12.2. The number of hydrogen-bond donors (Lipinski definition) is 2. The number of pyridine rings is 1. The summed E-state index contributed by atoms with van der Waals surface area (Å²) in [4.78, 5) is 16.5. The molecule has 1 amide bonds. The lowest BCUT2D eigenvalue weighted by Crippen LogP contribution is -2.12. The maximum atomic E-state index is 12.4. The van der Waals surface area contributed by atoms with Gasteiger partial charge in [-0.2, -0.15) is 5.26 Å². The van der Waals surface area contributed by atoms with E-state index in [1.807, 2.05) is 6.07 Å². The van der Waals surface area contributed by atoms with Crippen molar-refractivity contribution in [3.63, 3.8) is 0 Å². The Balaban J connectivity index is 1.81. The maximum Gasteiger partial charge on any atom is 0.257 e. The zero-order valence-corrected chi connectivity index (χ0v) is 13.8. The molecular weight excluding hydrogens is 336 g/mol.